The summed E-state index contributed by atoms with van der Waals surface area (Å²) in [6, 6.07) is 11.7. The van der Waals surface area contributed by atoms with Crippen LogP contribution in [0.2, 0.25) is 0 Å². The van der Waals surface area contributed by atoms with Crippen molar-refractivity contribution in [1.29, 1.82) is 0 Å². The molecule has 1 amide bonds. The van der Waals surface area contributed by atoms with E-state index in [1.54, 1.807) is 36.5 Å². The molecule has 28 heavy (non-hydrogen) atoms. The van der Waals surface area contributed by atoms with Crippen LogP contribution >= 0.6 is 0 Å². The number of nitrogens with one attached hydrogen (secondary N) is 1. The van der Waals surface area contributed by atoms with E-state index in [0.717, 1.165) is 30.0 Å². The van der Waals surface area contributed by atoms with Crippen LogP contribution in [0.5, 0.6) is 0 Å². The standard InChI is InChI=1S/C20H17F3N4O/c1-12(28)25-19-16(3-2-10-24-19)13-6-8-15(9-7-13)27-17(14-4-5-14)11-18(26-27)20(21,22)23/h2-3,6-11,14H,4-5H2,1H3,(H,24,25,28). The van der Waals surface area contributed by atoms with Crippen LogP contribution in [0.3, 0.4) is 0 Å². The molecule has 0 spiro atoms. The van der Waals surface area contributed by atoms with Crippen molar-refractivity contribution in [3.8, 4) is 16.8 Å². The average Bonchev–Trinajstić information content (AvgIpc) is 3.39. The Morgan fingerprint density at radius 2 is 1.89 bits per heavy atom. The van der Waals surface area contributed by atoms with E-state index in [1.165, 1.54) is 11.6 Å². The van der Waals surface area contributed by atoms with E-state index >= 15 is 0 Å². The molecule has 2 aromatic heterocycles. The summed E-state index contributed by atoms with van der Waals surface area (Å²) in [6.45, 7) is 1.40. The third kappa shape index (κ3) is 3.62. The topological polar surface area (TPSA) is 59.8 Å². The van der Waals surface area contributed by atoms with Gasteiger partial charge in [-0.1, -0.05) is 12.1 Å². The van der Waals surface area contributed by atoms with Crippen molar-refractivity contribution in [1.82, 2.24) is 14.8 Å². The van der Waals surface area contributed by atoms with Crippen molar-refractivity contribution in [2.24, 2.45) is 0 Å². The Balaban J connectivity index is 1.70. The molecule has 1 aromatic carbocycles. The first-order valence-electron chi connectivity index (χ1n) is 8.83. The fourth-order valence-corrected chi connectivity index (χ4v) is 3.10. The van der Waals surface area contributed by atoms with Crippen molar-refractivity contribution >= 4 is 11.7 Å². The highest BCUT2D eigenvalue weighted by Gasteiger charge is 2.38. The molecule has 0 bridgehead atoms. The maximum absolute atomic E-state index is 13.1. The van der Waals surface area contributed by atoms with Crippen LogP contribution in [-0.2, 0) is 11.0 Å². The van der Waals surface area contributed by atoms with Gasteiger partial charge in [0.25, 0.3) is 0 Å². The van der Waals surface area contributed by atoms with Gasteiger partial charge in [-0.25, -0.2) is 9.67 Å². The summed E-state index contributed by atoms with van der Waals surface area (Å²) in [6.07, 6.45) is -1.15. The van der Waals surface area contributed by atoms with Gasteiger partial charge in [-0.2, -0.15) is 18.3 Å². The zero-order valence-electron chi connectivity index (χ0n) is 15.0. The number of carbonyl (C=O) groups excluding carboxylic acids is 1. The Morgan fingerprint density at radius 1 is 1.18 bits per heavy atom. The predicted molar refractivity (Wildman–Crippen MR) is 98.1 cm³/mol. The van der Waals surface area contributed by atoms with E-state index in [1.807, 2.05) is 6.07 Å². The minimum absolute atomic E-state index is 0.118. The summed E-state index contributed by atoms with van der Waals surface area (Å²) >= 11 is 0. The van der Waals surface area contributed by atoms with Gasteiger partial charge in [0, 0.05) is 30.3 Å². The highest BCUT2D eigenvalue weighted by atomic mass is 19.4. The first kappa shape index (κ1) is 18.2. The summed E-state index contributed by atoms with van der Waals surface area (Å²) in [5.41, 5.74) is 1.78. The molecule has 1 saturated carbocycles. The fourth-order valence-electron chi connectivity index (χ4n) is 3.10. The Kier molecular flexibility index (Phi) is 4.41. The molecule has 0 unspecified atom stereocenters. The van der Waals surface area contributed by atoms with E-state index in [0.29, 0.717) is 17.2 Å². The molecule has 0 radical (unpaired) electrons. The fraction of sp³-hybridized carbons (Fsp3) is 0.250. The van der Waals surface area contributed by atoms with Crippen LogP contribution in [0.25, 0.3) is 16.8 Å². The number of rotatable bonds is 4. The highest BCUT2D eigenvalue weighted by Crippen LogP contribution is 2.43. The Bertz CT molecular complexity index is 1020. The number of hydrogen-bond donors (Lipinski definition) is 1. The lowest BCUT2D eigenvalue weighted by Gasteiger charge is -2.11. The predicted octanol–water partition coefficient (Wildman–Crippen LogP) is 4.79. The molecule has 144 valence electrons. The van der Waals surface area contributed by atoms with E-state index in [2.05, 4.69) is 15.4 Å². The molecule has 5 nitrogen and oxygen atoms in total. The van der Waals surface area contributed by atoms with Crippen LogP contribution in [0.4, 0.5) is 19.0 Å². The van der Waals surface area contributed by atoms with Crippen LogP contribution in [0, 0.1) is 0 Å². The summed E-state index contributed by atoms with van der Waals surface area (Å²) in [4.78, 5) is 15.5. The Hall–Kier alpha value is -3.16. The number of benzene rings is 1. The van der Waals surface area contributed by atoms with Gasteiger partial charge in [0.15, 0.2) is 5.69 Å². The molecule has 0 atom stereocenters. The van der Waals surface area contributed by atoms with Gasteiger partial charge in [-0.05, 0) is 48.7 Å². The molecular formula is C20H17F3N4O. The third-order valence-electron chi connectivity index (χ3n) is 4.55. The zero-order valence-corrected chi connectivity index (χ0v) is 15.0. The second-order valence-corrected chi connectivity index (χ2v) is 6.77. The minimum atomic E-state index is -4.47. The lowest BCUT2D eigenvalue weighted by atomic mass is 10.1. The Labute approximate surface area is 159 Å². The molecule has 3 aromatic rings. The maximum atomic E-state index is 13.1. The normalized spacial score (nSPS) is 14.1. The molecule has 0 saturated heterocycles. The van der Waals surface area contributed by atoms with Gasteiger partial charge >= 0.3 is 6.18 Å². The number of anilines is 1. The van der Waals surface area contributed by atoms with E-state index < -0.39 is 11.9 Å². The molecule has 0 aliphatic heterocycles. The largest absolute Gasteiger partial charge is 0.435 e. The van der Waals surface area contributed by atoms with Gasteiger partial charge in [0.1, 0.15) is 5.82 Å². The number of pyridine rings is 1. The van der Waals surface area contributed by atoms with E-state index in [-0.39, 0.29) is 11.8 Å². The number of alkyl halides is 3. The number of amides is 1. The van der Waals surface area contributed by atoms with E-state index in [4.69, 9.17) is 0 Å². The van der Waals surface area contributed by atoms with Gasteiger partial charge in [0.2, 0.25) is 5.91 Å². The van der Waals surface area contributed by atoms with E-state index in [9.17, 15) is 18.0 Å². The van der Waals surface area contributed by atoms with Crippen molar-refractivity contribution in [2.75, 3.05) is 5.32 Å². The SMILES string of the molecule is CC(=O)Nc1ncccc1-c1ccc(-n2nc(C(F)(F)F)cc2C2CC2)cc1. The molecule has 2 heterocycles. The maximum Gasteiger partial charge on any atom is 0.435 e. The highest BCUT2D eigenvalue weighted by molar-refractivity contribution is 5.92. The number of carbonyl (C=O) groups is 1. The van der Waals surface area contributed by atoms with Crippen LogP contribution in [0.1, 0.15) is 37.1 Å². The van der Waals surface area contributed by atoms with Gasteiger partial charge < -0.3 is 5.32 Å². The quantitative estimate of drug-likeness (QED) is 0.701. The lowest BCUT2D eigenvalue weighted by Crippen LogP contribution is -2.08. The monoisotopic (exact) mass is 386 g/mol. The Morgan fingerprint density at radius 3 is 2.50 bits per heavy atom. The summed E-state index contributed by atoms with van der Waals surface area (Å²) in [5, 5.41) is 6.47. The first-order valence-corrected chi connectivity index (χ1v) is 8.83. The van der Waals surface area contributed by atoms with Crippen molar-refractivity contribution in [2.45, 2.75) is 31.9 Å². The number of hydrogen-bond acceptors (Lipinski definition) is 3. The first-order chi connectivity index (χ1) is 13.3. The number of nitrogens with zero attached hydrogens (tertiary/aromatic N) is 3. The smallest absolute Gasteiger partial charge is 0.310 e. The van der Waals surface area contributed by atoms with Crippen LogP contribution < -0.4 is 5.32 Å². The van der Waals surface area contributed by atoms with Crippen LogP contribution in [-0.4, -0.2) is 20.7 Å². The summed E-state index contributed by atoms with van der Waals surface area (Å²) in [5.74, 6) is 0.315. The molecule has 1 aliphatic rings. The summed E-state index contributed by atoms with van der Waals surface area (Å²) in [7, 11) is 0. The van der Waals surface area contributed by atoms with Gasteiger partial charge in [-0.15, -0.1) is 0 Å². The second-order valence-electron chi connectivity index (χ2n) is 6.77. The second kappa shape index (κ2) is 6.78. The molecular weight excluding hydrogens is 369 g/mol. The molecule has 4 rings (SSSR count). The number of halogens is 3. The summed E-state index contributed by atoms with van der Waals surface area (Å²) < 4.78 is 40.7. The molecule has 8 heteroatoms. The lowest BCUT2D eigenvalue weighted by molar-refractivity contribution is -0.141. The number of aromatic nitrogens is 3. The molecule has 1 fully saturated rings. The van der Waals surface area contributed by atoms with Crippen molar-refractivity contribution < 1.29 is 18.0 Å². The zero-order chi connectivity index (χ0) is 19.9. The molecule has 1 aliphatic carbocycles. The average molecular weight is 386 g/mol. The van der Waals surface area contributed by atoms with Gasteiger partial charge in [0.05, 0.1) is 5.69 Å². The third-order valence-corrected chi connectivity index (χ3v) is 4.55. The van der Waals surface area contributed by atoms with Crippen LogP contribution in [0.15, 0.2) is 48.7 Å². The van der Waals surface area contributed by atoms with Gasteiger partial charge in [-0.3, -0.25) is 4.79 Å². The minimum Gasteiger partial charge on any atom is -0.310 e. The molecule has 1 N–H and O–H groups in total. The van der Waals surface area contributed by atoms with Crippen molar-refractivity contribution in [3.63, 3.8) is 0 Å². The van der Waals surface area contributed by atoms with Crippen molar-refractivity contribution in [3.05, 3.63) is 60.0 Å².